The van der Waals surface area contributed by atoms with E-state index in [9.17, 15) is 29.7 Å². The van der Waals surface area contributed by atoms with Crippen molar-refractivity contribution in [1.29, 1.82) is 16.2 Å². The van der Waals surface area contributed by atoms with Crippen LogP contribution in [0.4, 0.5) is 0 Å². The normalized spacial score (nSPS) is 9.08. The van der Waals surface area contributed by atoms with Gasteiger partial charge in [0, 0.05) is 33.4 Å². The Hall–Kier alpha value is -4.65. The van der Waals surface area contributed by atoms with Gasteiger partial charge < -0.3 is 46.9 Å². The number of carboxylic acids is 3. The zero-order valence-electron chi connectivity index (χ0n) is 19.2. The molecule has 0 unspecified atom stereocenters. The second kappa shape index (κ2) is 15.4. The number of carboxylic acid groups (broad SMARTS) is 3. The molecule has 0 aliphatic carbocycles. The first-order chi connectivity index (χ1) is 16.9. The number of aromatic carboxylic acids is 3. The first-order valence-electron chi connectivity index (χ1n) is 9.82. The van der Waals surface area contributed by atoms with E-state index in [0.717, 1.165) is 0 Å². The van der Waals surface area contributed by atoms with Crippen molar-refractivity contribution in [2.75, 3.05) is 0 Å². The van der Waals surface area contributed by atoms with E-state index in [1.807, 2.05) is 0 Å². The van der Waals surface area contributed by atoms with Gasteiger partial charge in [0.25, 0.3) is 0 Å². The average Bonchev–Trinajstić information content (AvgIpc) is 2.84. The summed E-state index contributed by atoms with van der Waals surface area (Å²) < 4.78 is 0. The SMILES string of the molecule is N=C(N)c1ccccc1C(=O)[O-].N=C(N)c1ccccc1C(=O)[O-].N=C(N)c1ccccc1C(=O)[O-].[Sc+3]. The fraction of sp³-hybridized carbons (Fsp3) is 0. The van der Waals surface area contributed by atoms with Gasteiger partial charge in [-0.15, -0.1) is 0 Å². The van der Waals surface area contributed by atoms with Crippen molar-refractivity contribution in [3.63, 3.8) is 0 Å². The second-order valence-corrected chi connectivity index (χ2v) is 6.74. The molecular weight excluding hydrogens is 513 g/mol. The summed E-state index contributed by atoms with van der Waals surface area (Å²) in [7, 11) is 0. The van der Waals surface area contributed by atoms with Crippen molar-refractivity contribution in [2.45, 2.75) is 0 Å². The molecule has 0 radical (unpaired) electrons. The molecule has 0 fully saturated rings. The monoisotopic (exact) mass is 534 g/mol. The Bertz CT molecular complexity index is 1070. The summed E-state index contributed by atoms with van der Waals surface area (Å²) in [6.07, 6.45) is 0. The van der Waals surface area contributed by atoms with Crippen molar-refractivity contribution in [1.82, 2.24) is 0 Å². The summed E-state index contributed by atoms with van der Waals surface area (Å²) in [4.78, 5) is 31.4. The van der Waals surface area contributed by atoms with Crippen molar-refractivity contribution in [3.05, 3.63) is 106 Å². The minimum atomic E-state index is -1.32. The molecule has 9 N–H and O–H groups in total. The number of rotatable bonds is 6. The maximum Gasteiger partial charge on any atom is 3.00 e. The predicted octanol–water partition coefficient (Wildman–Crippen LogP) is -2.00. The molecule has 3 aromatic rings. The van der Waals surface area contributed by atoms with Crippen molar-refractivity contribution in [2.24, 2.45) is 17.2 Å². The topological polar surface area (TPSA) is 270 Å². The van der Waals surface area contributed by atoms with Crippen LogP contribution in [0.5, 0.6) is 0 Å². The van der Waals surface area contributed by atoms with Gasteiger partial charge in [-0.05, 0) is 0 Å². The first kappa shape index (κ1) is 32.4. The number of carbonyl (C=O) groups is 3. The Balaban J connectivity index is 0.000000518. The van der Waals surface area contributed by atoms with Gasteiger partial charge >= 0.3 is 25.8 Å². The van der Waals surface area contributed by atoms with Gasteiger partial charge in [-0.3, -0.25) is 16.2 Å². The van der Waals surface area contributed by atoms with E-state index in [0.29, 0.717) is 0 Å². The number of nitrogens with one attached hydrogen (secondary N) is 3. The summed E-state index contributed by atoms with van der Waals surface area (Å²) >= 11 is 0. The smallest absolute Gasteiger partial charge is 0.545 e. The third-order valence-electron chi connectivity index (χ3n) is 4.31. The van der Waals surface area contributed by atoms with Gasteiger partial charge in [-0.2, -0.15) is 0 Å². The number of amidine groups is 3. The Morgan fingerprint density at radius 1 is 0.459 bits per heavy atom. The van der Waals surface area contributed by atoms with Gasteiger partial charge in [0.1, 0.15) is 17.5 Å². The van der Waals surface area contributed by atoms with Crippen LogP contribution in [0.3, 0.4) is 0 Å². The fourth-order valence-corrected chi connectivity index (χ4v) is 2.69. The molecule has 0 saturated carbocycles. The zero-order valence-corrected chi connectivity index (χ0v) is 21.0. The summed E-state index contributed by atoms with van der Waals surface area (Å²) in [5, 5.41) is 52.6. The van der Waals surface area contributed by atoms with E-state index in [-0.39, 0.29) is 76.7 Å². The molecule has 0 saturated heterocycles. The number of benzene rings is 3. The summed E-state index contributed by atoms with van der Waals surface area (Å²) in [5.41, 5.74) is 15.9. The van der Waals surface area contributed by atoms with Crippen molar-refractivity contribution >= 4 is 35.4 Å². The number of hydrogen-bond acceptors (Lipinski definition) is 9. The van der Waals surface area contributed by atoms with E-state index in [1.165, 1.54) is 36.4 Å². The van der Waals surface area contributed by atoms with Crippen LogP contribution in [-0.4, -0.2) is 35.4 Å². The molecule has 0 spiro atoms. The van der Waals surface area contributed by atoms with Crippen LogP contribution in [0.1, 0.15) is 47.8 Å². The maximum absolute atomic E-state index is 10.5. The molecule has 0 aromatic heterocycles. The molecule has 0 amide bonds. The molecule has 186 valence electrons. The molecule has 37 heavy (non-hydrogen) atoms. The summed E-state index contributed by atoms with van der Waals surface area (Å²) in [6.45, 7) is 0. The van der Waals surface area contributed by atoms with Crippen LogP contribution in [-0.2, 0) is 25.8 Å². The summed E-state index contributed by atoms with van der Waals surface area (Å²) in [5.74, 6) is -4.76. The Kier molecular flexibility index (Phi) is 13.4. The van der Waals surface area contributed by atoms with Crippen LogP contribution in [0.25, 0.3) is 0 Å². The number of nitrogen functional groups attached to an aromatic ring is 3. The van der Waals surface area contributed by atoms with Crippen LogP contribution < -0.4 is 32.5 Å². The fourth-order valence-electron chi connectivity index (χ4n) is 2.69. The Morgan fingerprint density at radius 3 is 0.730 bits per heavy atom. The van der Waals surface area contributed by atoms with Crippen LogP contribution in [0.15, 0.2) is 72.8 Å². The van der Waals surface area contributed by atoms with Crippen LogP contribution in [0, 0.1) is 16.2 Å². The molecule has 12 nitrogen and oxygen atoms in total. The van der Waals surface area contributed by atoms with Crippen LogP contribution in [0.2, 0.25) is 0 Å². The van der Waals surface area contributed by atoms with Crippen molar-refractivity contribution < 1.29 is 55.5 Å². The number of hydrogen-bond donors (Lipinski definition) is 6. The number of carbonyl (C=O) groups excluding carboxylic acids is 3. The third-order valence-corrected chi connectivity index (χ3v) is 4.31. The maximum atomic E-state index is 10.5. The zero-order chi connectivity index (χ0) is 27.4. The predicted molar refractivity (Wildman–Crippen MR) is 125 cm³/mol. The van der Waals surface area contributed by atoms with E-state index < -0.39 is 17.9 Å². The molecule has 3 rings (SSSR count). The third kappa shape index (κ3) is 9.85. The largest absolute Gasteiger partial charge is 3.00 e. The molecule has 0 heterocycles. The molecule has 0 bridgehead atoms. The van der Waals surface area contributed by atoms with Crippen molar-refractivity contribution in [3.8, 4) is 0 Å². The van der Waals surface area contributed by atoms with Gasteiger partial charge in [0.15, 0.2) is 0 Å². The quantitative estimate of drug-likeness (QED) is 0.150. The molecule has 0 aliphatic heterocycles. The summed E-state index contributed by atoms with van der Waals surface area (Å²) in [6, 6.07) is 18.0. The van der Waals surface area contributed by atoms with Gasteiger partial charge in [-0.1, -0.05) is 72.8 Å². The van der Waals surface area contributed by atoms with Gasteiger partial charge in [-0.25, -0.2) is 0 Å². The van der Waals surface area contributed by atoms with E-state index >= 15 is 0 Å². The van der Waals surface area contributed by atoms with Crippen LogP contribution >= 0.6 is 0 Å². The minimum Gasteiger partial charge on any atom is -0.545 e. The van der Waals surface area contributed by atoms with E-state index in [4.69, 9.17) is 33.4 Å². The standard InChI is InChI=1S/3C8H8N2O2.Sc/c3*9-7(10)5-3-1-2-4-6(5)8(11)12;/h3*1-4H,(H3,9,10)(H,11,12);/q;;;+3/p-3. The Morgan fingerprint density at radius 2 is 0.622 bits per heavy atom. The second-order valence-electron chi connectivity index (χ2n) is 6.74. The minimum absolute atomic E-state index is 0. The molecule has 13 heteroatoms. The molecule has 0 aliphatic rings. The molecule has 3 aromatic carbocycles. The average molecular weight is 534 g/mol. The first-order valence-corrected chi connectivity index (χ1v) is 9.82. The van der Waals surface area contributed by atoms with Gasteiger partial charge in [0.2, 0.25) is 0 Å². The van der Waals surface area contributed by atoms with Gasteiger partial charge in [0.05, 0.1) is 17.9 Å². The van der Waals surface area contributed by atoms with E-state index in [1.54, 1.807) is 36.4 Å². The number of nitrogens with two attached hydrogens (primary N) is 3. The van der Waals surface area contributed by atoms with E-state index in [2.05, 4.69) is 0 Å². The molecular formula is C24H21N6O6Sc. The molecule has 0 atom stereocenters. The Labute approximate surface area is 230 Å².